The highest BCUT2D eigenvalue weighted by molar-refractivity contribution is 5.24. The average Bonchev–Trinajstić information content (AvgIpc) is 2.18. The molecule has 0 aliphatic heterocycles. The van der Waals surface area contributed by atoms with E-state index in [2.05, 4.69) is 18.7 Å². The number of hydrogen-bond donors (Lipinski definition) is 2. The van der Waals surface area contributed by atoms with Crippen LogP contribution in [-0.4, -0.2) is 11.7 Å². The number of rotatable bonds is 5. The number of aliphatic hydroxyl groups excluding tert-OH is 1. The van der Waals surface area contributed by atoms with Crippen LogP contribution in [0.2, 0.25) is 0 Å². The van der Waals surface area contributed by atoms with Crippen molar-refractivity contribution in [2.75, 3.05) is 6.61 Å². The van der Waals surface area contributed by atoms with Crippen molar-refractivity contribution in [3.8, 4) is 0 Å². The maximum Gasteiger partial charge on any atom is 0.104 e. The largest absolute Gasteiger partial charge is 0.386 e. The lowest BCUT2D eigenvalue weighted by Crippen LogP contribution is -2.10. The molecular formula is C12H19NO2. The fourth-order valence-electron chi connectivity index (χ4n) is 1.53. The van der Waals surface area contributed by atoms with E-state index in [1.807, 2.05) is 24.3 Å². The van der Waals surface area contributed by atoms with Crippen molar-refractivity contribution in [3.63, 3.8) is 0 Å². The molecule has 0 radical (unpaired) electrons. The Morgan fingerprint density at radius 1 is 1.27 bits per heavy atom. The van der Waals surface area contributed by atoms with Gasteiger partial charge in [0.1, 0.15) is 6.10 Å². The molecule has 1 aromatic carbocycles. The first-order chi connectivity index (χ1) is 7.13. The number of nitrogens with two attached hydrogens (primary N) is 1. The molecule has 0 heterocycles. The second-order valence-corrected chi connectivity index (χ2v) is 4.19. The van der Waals surface area contributed by atoms with E-state index in [0.717, 1.165) is 12.0 Å². The minimum absolute atomic E-state index is 0.128. The van der Waals surface area contributed by atoms with Crippen LogP contribution >= 0.6 is 0 Å². The zero-order valence-corrected chi connectivity index (χ0v) is 9.31. The van der Waals surface area contributed by atoms with Gasteiger partial charge in [-0.1, -0.05) is 38.1 Å². The van der Waals surface area contributed by atoms with E-state index in [4.69, 9.17) is 5.90 Å². The molecule has 0 amide bonds. The van der Waals surface area contributed by atoms with Crippen LogP contribution in [0.1, 0.15) is 31.1 Å². The molecule has 0 aromatic heterocycles. The van der Waals surface area contributed by atoms with Crippen LogP contribution in [0.4, 0.5) is 0 Å². The summed E-state index contributed by atoms with van der Waals surface area (Å²) in [7, 11) is 0. The molecule has 1 aromatic rings. The number of aliphatic hydroxyl groups is 1. The van der Waals surface area contributed by atoms with Crippen molar-refractivity contribution in [1.82, 2.24) is 0 Å². The highest BCUT2D eigenvalue weighted by atomic mass is 16.6. The molecule has 1 unspecified atom stereocenters. The van der Waals surface area contributed by atoms with Crippen LogP contribution in [0.15, 0.2) is 24.3 Å². The highest BCUT2D eigenvalue weighted by Crippen LogP contribution is 2.15. The molecule has 3 nitrogen and oxygen atoms in total. The summed E-state index contributed by atoms with van der Waals surface area (Å²) >= 11 is 0. The van der Waals surface area contributed by atoms with Crippen LogP contribution < -0.4 is 5.90 Å². The van der Waals surface area contributed by atoms with Crippen molar-refractivity contribution < 1.29 is 9.94 Å². The van der Waals surface area contributed by atoms with Crippen LogP contribution in [0.5, 0.6) is 0 Å². The Kier molecular flexibility index (Phi) is 4.75. The molecular weight excluding hydrogens is 190 g/mol. The molecule has 3 N–H and O–H groups in total. The van der Waals surface area contributed by atoms with Gasteiger partial charge in [-0.2, -0.15) is 0 Å². The lowest BCUT2D eigenvalue weighted by atomic mass is 10.0. The molecule has 0 saturated heterocycles. The second-order valence-electron chi connectivity index (χ2n) is 4.19. The van der Waals surface area contributed by atoms with Gasteiger partial charge >= 0.3 is 0 Å². The van der Waals surface area contributed by atoms with Gasteiger partial charge in [0.25, 0.3) is 0 Å². The molecule has 3 heteroatoms. The van der Waals surface area contributed by atoms with Gasteiger partial charge in [-0.15, -0.1) is 0 Å². The van der Waals surface area contributed by atoms with Crippen molar-refractivity contribution in [2.45, 2.75) is 26.4 Å². The Labute approximate surface area is 90.8 Å². The Hall–Kier alpha value is -0.900. The van der Waals surface area contributed by atoms with E-state index in [0.29, 0.717) is 5.92 Å². The monoisotopic (exact) mass is 209 g/mol. The molecule has 1 atom stereocenters. The summed E-state index contributed by atoms with van der Waals surface area (Å²) in [5.74, 6) is 5.55. The van der Waals surface area contributed by atoms with Crippen LogP contribution in [-0.2, 0) is 11.3 Å². The third-order valence-electron chi connectivity index (χ3n) is 2.26. The van der Waals surface area contributed by atoms with Crippen molar-refractivity contribution in [2.24, 2.45) is 11.8 Å². The van der Waals surface area contributed by atoms with E-state index in [-0.39, 0.29) is 6.61 Å². The topological polar surface area (TPSA) is 55.5 Å². The van der Waals surface area contributed by atoms with Crippen LogP contribution in [0, 0.1) is 5.92 Å². The van der Waals surface area contributed by atoms with E-state index in [1.54, 1.807) is 0 Å². The number of benzene rings is 1. The van der Waals surface area contributed by atoms with E-state index in [1.165, 1.54) is 5.56 Å². The van der Waals surface area contributed by atoms with Gasteiger partial charge < -0.3 is 9.94 Å². The molecule has 15 heavy (non-hydrogen) atoms. The Bertz CT molecular complexity index is 282. The predicted octanol–water partition coefficient (Wildman–Crippen LogP) is 1.81. The molecule has 0 aliphatic rings. The summed E-state index contributed by atoms with van der Waals surface area (Å²) in [6.45, 7) is 4.50. The molecule has 0 aliphatic carbocycles. The average molecular weight is 209 g/mol. The van der Waals surface area contributed by atoms with Gasteiger partial charge in [0.15, 0.2) is 0 Å². The summed E-state index contributed by atoms with van der Waals surface area (Å²) < 4.78 is 0. The lowest BCUT2D eigenvalue weighted by Gasteiger charge is -2.10. The van der Waals surface area contributed by atoms with Gasteiger partial charge in [0, 0.05) is 0 Å². The fraction of sp³-hybridized carbons (Fsp3) is 0.500. The maximum atomic E-state index is 9.59. The minimum atomic E-state index is -0.636. The molecule has 84 valence electrons. The molecule has 0 saturated carbocycles. The smallest absolute Gasteiger partial charge is 0.104 e. The van der Waals surface area contributed by atoms with Gasteiger partial charge in [-0.05, 0) is 23.5 Å². The first-order valence-corrected chi connectivity index (χ1v) is 5.22. The van der Waals surface area contributed by atoms with Gasteiger partial charge in [-0.25, -0.2) is 5.90 Å². The normalized spacial score (nSPS) is 13.1. The van der Waals surface area contributed by atoms with Gasteiger partial charge in [0.05, 0.1) is 6.61 Å². The quantitative estimate of drug-likeness (QED) is 0.727. The summed E-state index contributed by atoms with van der Waals surface area (Å²) in [6, 6.07) is 7.91. The third-order valence-corrected chi connectivity index (χ3v) is 2.26. The fourth-order valence-corrected chi connectivity index (χ4v) is 1.53. The maximum absolute atomic E-state index is 9.59. The van der Waals surface area contributed by atoms with Crippen LogP contribution in [0.25, 0.3) is 0 Å². The summed E-state index contributed by atoms with van der Waals surface area (Å²) in [4.78, 5) is 4.40. The van der Waals surface area contributed by atoms with Crippen molar-refractivity contribution in [3.05, 3.63) is 35.4 Å². The summed E-state index contributed by atoms with van der Waals surface area (Å²) in [5.41, 5.74) is 2.13. The molecule has 0 bridgehead atoms. The predicted molar refractivity (Wildman–Crippen MR) is 60.1 cm³/mol. The Balaban J connectivity index is 2.63. The van der Waals surface area contributed by atoms with E-state index >= 15 is 0 Å². The summed E-state index contributed by atoms with van der Waals surface area (Å²) in [5, 5.41) is 9.59. The zero-order valence-electron chi connectivity index (χ0n) is 9.31. The standard InChI is InChI=1S/C12H19NO2/c1-9(2)7-10-3-5-11(6-4-10)12(14)8-15-13/h3-6,9,12,14H,7-8,13H2,1-2H3. The highest BCUT2D eigenvalue weighted by Gasteiger charge is 2.07. The SMILES string of the molecule is CC(C)Cc1ccc(C(O)CON)cc1. The van der Waals surface area contributed by atoms with Crippen molar-refractivity contribution >= 4 is 0 Å². The van der Waals surface area contributed by atoms with Crippen LogP contribution in [0.3, 0.4) is 0 Å². The van der Waals surface area contributed by atoms with E-state index < -0.39 is 6.10 Å². The first kappa shape index (κ1) is 12.2. The minimum Gasteiger partial charge on any atom is -0.386 e. The van der Waals surface area contributed by atoms with Gasteiger partial charge in [-0.3, -0.25) is 0 Å². The molecule has 0 fully saturated rings. The van der Waals surface area contributed by atoms with E-state index in [9.17, 15) is 5.11 Å². The Morgan fingerprint density at radius 3 is 2.33 bits per heavy atom. The number of hydrogen-bond acceptors (Lipinski definition) is 3. The van der Waals surface area contributed by atoms with Crippen molar-refractivity contribution in [1.29, 1.82) is 0 Å². The van der Waals surface area contributed by atoms with Gasteiger partial charge in [0.2, 0.25) is 0 Å². The first-order valence-electron chi connectivity index (χ1n) is 5.22. The second kappa shape index (κ2) is 5.85. The third kappa shape index (κ3) is 4.00. The molecule has 1 rings (SSSR count). The Morgan fingerprint density at radius 2 is 1.87 bits per heavy atom. The molecule has 0 spiro atoms. The lowest BCUT2D eigenvalue weighted by molar-refractivity contribution is 0.0359. The summed E-state index contributed by atoms with van der Waals surface area (Å²) in [6.07, 6.45) is 0.423. The zero-order chi connectivity index (χ0) is 11.3.